The maximum atomic E-state index is 12.4. The van der Waals surface area contributed by atoms with Crippen molar-refractivity contribution in [3.8, 4) is 0 Å². The smallest absolute Gasteiger partial charge is 0.262 e. The first-order valence-corrected chi connectivity index (χ1v) is 8.12. The van der Waals surface area contributed by atoms with Crippen LogP contribution < -0.4 is 5.56 Å². The molecule has 1 fully saturated rings. The normalized spacial score (nSPS) is 20.6. The van der Waals surface area contributed by atoms with E-state index in [1.807, 2.05) is 13.0 Å². The lowest BCUT2D eigenvalue weighted by atomic mass is 10.0. The summed E-state index contributed by atoms with van der Waals surface area (Å²) in [6.45, 7) is 3.97. The van der Waals surface area contributed by atoms with E-state index in [1.54, 1.807) is 22.2 Å². The van der Waals surface area contributed by atoms with Crippen LogP contribution >= 0.6 is 11.3 Å². The van der Waals surface area contributed by atoms with Gasteiger partial charge in [0.2, 0.25) is 0 Å². The number of aryl methyl sites for hydroxylation is 2. The molecule has 1 atom stereocenters. The zero-order valence-corrected chi connectivity index (χ0v) is 12.9. The molecule has 0 bridgehead atoms. The van der Waals surface area contributed by atoms with Crippen LogP contribution in [0.2, 0.25) is 0 Å². The average Bonchev–Trinajstić information content (AvgIpc) is 2.81. The van der Waals surface area contributed by atoms with Gasteiger partial charge in [-0.05, 0) is 45.8 Å². The summed E-state index contributed by atoms with van der Waals surface area (Å²) in [5, 5.41) is 0.770. The van der Waals surface area contributed by atoms with Crippen molar-refractivity contribution in [2.45, 2.75) is 45.2 Å². The molecule has 0 N–H and O–H groups in total. The minimum absolute atomic E-state index is 0.109. The highest BCUT2D eigenvalue weighted by molar-refractivity contribution is 7.18. The number of hydrogen-bond donors (Lipinski definition) is 0. The van der Waals surface area contributed by atoms with Gasteiger partial charge in [-0.3, -0.25) is 9.36 Å². The molecule has 1 saturated heterocycles. The van der Waals surface area contributed by atoms with E-state index in [4.69, 9.17) is 0 Å². The van der Waals surface area contributed by atoms with E-state index in [-0.39, 0.29) is 5.56 Å². The van der Waals surface area contributed by atoms with Gasteiger partial charge in [0, 0.05) is 17.5 Å². The molecular weight excluding hydrogens is 270 g/mol. The van der Waals surface area contributed by atoms with Gasteiger partial charge in [0.25, 0.3) is 5.56 Å². The molecule has 0 radical (unpaired) electrons. The molecule has 2 aromatic heterocycles. The number of thiophene rings is 1. The lowest BCUT2D eigenvalue weighted by Crippen LogP contribution is -2.37. The Morgan fingerprint density at radius 3 is 3.10 bits per heavy atom. The number of piperidine rings is 1. The third-order valence-electron chi connectivity index (χ3n) is 4.27. The van der Waals surface area contributed by atoms with Gasteiger partial charge in [-0.1, -0.05) is 6.42 Å². The van der Waals surface area contributed by atoms with E-state index in [2.05, 4.69) is 16.9 Å². The molecule has 1 unspecified atom stereocenters. The summed E-state index contributed by atoms with van der Waals surface area (Å²) in [5.41, 5.74) is 0.109. The average molecular weight is 291 g/mol. The first-order chi connectivity index (χ1) is 9.65. The Kier molecular flexibility index (Phi) is 3.89. The summed E-state index contributed by atoms with van der Waals surface area (Å²) >= 11 is 1.59. The van der Waals surface area contributed by atoms with E-state index in [0.29, 0.717) is 6.04 Å². The molecule has 0 aromatic carbocycles. The van der Waals surface area contributed by atoms with Gasteiger partial charge in [-0.2, -0.15) is 0 Å². The van der Waals surface area contributed by atoms with Crippen molar-refractivity contribution in [3.63, 3.8) is 0 Å². The van der Waals surface area contributed by atoms with Crippen molar-refractivity contribution >= 4 is 21.6 Å². The van der Waals surface area contributed by atoms with Crippen LogP contribution in [0.3, 0.4) is 0 Å². The van der Waals surface area contributed by atoms with Gasteiger partial charge in [0.1, 0.15) is 4.83 Å². The fourth-order valence-corrected chi connectivity index (χ4v) is 3.87. The second kappa shape index (κ2) is 5.66. The SMILES string of the molecule is Cc1cc2c(=O)n(CCC3CCCCN3C)cnc2s1. The third-order valence-corrected chi connectivity index (χ3v) is 5.22. The molecule has 3 heterocycles. The van der Waals surface area contributed by atoms with Crippen LogP contribution in [0.25, 0.3) is 10.2 Å². The van der Waals surface area contributed by atoms with Crippen LogP contribution in [0.1, 0.15) is 30.6 Å². The Labute approximate surface area is 123 Å². The number of nitrogens with zero attached hydrogens (tertiary/aromatic N) is 3. The highest BCUT2D eigenvalue weighted by Crippen LogP contribution is 2.20. The topological polar surface area (TPSA) is 38.1 Å². The molecule has 0 aliphatic carbocycles. The molecule has 5 heteroatoms. The Hall–Kier alpha value is -1.20. The summed E-state index contributed by atoms with van der Waals surface area (Å²) < 4.78 is 1.77. The van der Waals surface area contributed by atoms with E-state index in [9.17, 15) is 4.79 Å². The predicted octanol–water partition coefficient (Wildman–Crippen LogP) is 2.64. The Balaban J connectivity index is 1.77. The standard InChI is InChI=1S/C15H21N3OS/c1-11-9-13-14(20-11)16-10-18(15(13)19)8-6-12-5-3-4-7-17(12)2/h9-10,12H,3-8H2,1-2H3. The van der Waals surface area contributed by atoms with Crippen LogP contribution in [0, 0.1) is 6.92 Å². The van der Waals surface area contributed by atoms with Gasteiger partial charge in [-0.15, -0.1) is 11.3 Å². The van der Waals surface area contributed by atoms with E-state index in [1.165, 1.54) is 25.8 Å². The molecule has 2 aromatic rings. The molecular formula is C15H21N3OS. The number of rotatable bonds is 3. The second-order valence-electron chi connectivity index (χ2n) is 5.74. The van der Waals surface area contributed by atoms with Crippen molar-refractivity contribution in [2.75, 3.05) is 13.6 Å². The summed E-state index contributed by atoms with van der Waals surface area (Å²) in [6.07, 6.45) is 6.61. The quantitative estimate of drug-likeness (QED) is 0.872. The molecule has 0 amide bonds. The minimum atomic E-state index is 0.109. The van der Waals surface area contributed by atoms with E-state index in [0.717, 1.165) is 28.1 Å². The number of likely N-dealkylation sites (tertiary alicyclic amines) is 1. The van der Waals surface area contributed by atoms with Gasteiger partial charge >= 0.3 is 0 Å². The largest absolute Gasteiger partial charge is 0.303 e. The van der Waals surface area contributed by atoms with Gasteiger partial charge in [0.15, 0.2) is 0 Å². The lowest BCUT2D eigenvalue weighted by Gasteiger charge is -2.32. The zero-order chi connectivity index (χ0) is 14.1. The monoisotopic (exact) mass is 291 g/mol. The molecule has 3 rings (SSSR count). The van der Waals surface area contributed by atoms with Crippen molar-refractivity contribution in [1.82, 2.24) is 14.5 Å². The zero-order valence-electron chi connectivity index (χ0n) is 12.1. The first-order valence-electron chi connectivity index (χ1n) is 7.31. The second-order valence-corrected chi connectivity index (χ2v) is 6.97. The fraction of sp³-hybridized carbons (Fsp3) is 0.600. The van der Waals surface area contributed by atoms with Gasteiger partial charge in [-0.25, -0.2) is 4.98 Å². The lowest BCUT2D eigenvalue weighted by molar-refractivity contribution is 0.170. The number of hydrogen-bond acceptors (Lipinski definition) is 4. The van der Waals surface area contributed by atoms with Crippen LogP contribution in [0.4, 0.5) is 0 Å². The summed E-state index contributed by atoms with van der Waals surface area (Å²) in [4.78, 5) is 21.3. The molecule has 0 spiro atoms. The van der Waals surface area contributed by atoms with Gasteiger partial charge < -0.3 is 4.90 Å². The van der Waals surface area contributed by atoms with Crippen LogP contribution in [0.15, 0.2) is 17.2 Å². The highest BCUT2D eigenvalue weighted by atomic mass is 32.1. The summed E-state index contributed by atoms with van der Waals surface area (Å²) in [7, 11) is 2.19. The van der Waals surface area contributed by atoms with Crippen LogP contribution in [0.5, 0.6) is 0 Å². The minimum Gasteiger partial charge on any atom is -0.303 e. The van der Waals surface area contributed by atoms with Crippen molar-refractivity contribution in [1.29, 1.82) is 0 Å². The fourth-order valence-electron chi connectivity index (χ4n) is 3.04. The maximum absolute atomic E-state index is 12.4. The number of aromatic nitrogens is 2. The maximum Gasteiger partial charge on any atom is 0.262 e. The molecule has 0 saturated carbocycles. The third kappa shape index (κ3) is 2.65. The molecule has 1 aliphatic rings. The number of fused-ring (bicyclic) bond motifs is 1. The molecule has 20 heavy (non-hydrogen) atoms. The Morgan fingerprint density at radius 2 is 2.30 bits per heavy atom. The highest BCUT2D eigenvalue weighted by Gasteiger charge is 2.18. The van der Waals surface area contributed by atoms with Crippen LogP contribution in [-0.2, 0) is 6.54 Å². The first kappa shape index (κ1) is 13.8. The van der Waals surface area contributed by atoms with Crippen molar-refractivity contribution in [3.05, 3.63) is 27.6 Å². The molecule has 4 nitrogen and oxygen atoms in total. The summed E-state index contributed by atoms with van der Waals surface area (Å²) in [6, 6.07) is 2.56. The summed E-state index contributed by atoms with van der Waals surface area (Å²) in [5.74, 6) is 0. The molecule has 1 aliphatic heterocycles. The van der Waals surface area contributed by atoms with E-state index >= 15 is 0 Å². The van der Waals surface area contributed by atoms with E-state index < -0.39 is 0 Å². The van der Waals surface area contributed by atoms with Crippen LogP contribution in [-0.4, -0.2) is 34.1 Å². The van der Waals surface area contributed by atoms with Gasteiger partial charge in [0.05, 0.1) is 11.7 Å². The Bertz CT molecular complexity index is 661. The van der Waals surface area contributed by atoms with Crippen molar-refractivity contribution in [2.24, 2.45) is 0 Å². The Morgan fingerprint density at radius 1 is 1.45 bits per heavy atom. The predicted molar refractivity (Wildman–Crippen MR) is 83.5 cm³/mol. The molecule has 108 valence electrons. The van der Waals surface area contributed by atoms with Crippen molar-refractivity contribution < 1.29 is 0 Å².